The summed E-state index contributed by atoms with van der Waals surface area (Å²) in [7, 11) is 3.76. The largest absolute Gasteiger partial charge is 0.455 e. The van der Waals surface area contributed by atoms with E-state index in [2.05, 4.69) is 29.2 Å². The third kappa shape index (κ3) is 5.06. The monoisotopic (exact) mass is 449 g/mol. The van der Waals surface area contributed by atoms with Crippen LogP contribution in [0.4, 0.5) is 0 Å². The number of likely N-dealkylation sites (tertiary alicyclic amines) is 1. The first kappa shape index (κ1) is 24.0. The Morgan fingerprint density at radius 3 is 2.58 bits per heavy atom. The van der Waals surface area contributed by atoms with Gasteiger partial charge in [-0.25, -0.2) is 0 Å². The van der Waals surface area contributed by atoms with E-state index in [0.717, 1.165) is 35.2 Å². The number of fused-ring (bicyclic) bond motifs is 1. The number of aryl methyl sites for hydroxylation is 1. The molecule has 4 heterocycles. The van der Waals surface area contributed by atoms with Gasteiger partial charge in [0.1, 0.15) is 11.4 Å². The second-order valence-corrected chi connectivity index (χ2v) is 8.19. The molecule has 0 aliphatic carbocycles. The number of nitrogens with one attached hydrogen (secondary N) is 3. The van der Waals surface area contributed by atoms with Crippen LogP contribution in [0.25, 0.3) is 11.3 Å². The first-order valence-electron chi connectivity index (χ1n) is 10.9. The van der Waals surface area contributed by atoms with Crippen molar-refractivity contribution in [2.75, 3.05) is 20.6 Å². The van der Waals surface area contributed by atoms with Crippen molar-refractivity contribution in [3.05, 3.63) is 64.7 Å². The van der Waals surface area contributed by atoms with E-state index < -0.39 is 0 Å². The van der Waals surface area contributed by atoms with Gasteiger partial charge < -0.3 is 29.7 Å². The Bertz CT molecular complexity index is 1200. The van der Waals surface area contributed by atoms with Crippen molar-refractivity contribution in [1.82, 2.24) is 19.6 Å². The van der Waals surface area contributed by atoms with E-state index in [0.29, 0.717) is 28.5 Å². The maximum atomic E-state index is 12.1. The van der Waals surface area contributed by atoms with Crippen LogP contribution in [-0.2, 0) is 0 Å². The van der Waals surface area contributed by atoms with Crippen LogP contribution < -0.4 is 10.1 Å². The van der Waals surface area contributed by atoms with Gasteiger partial charge in [-0.2, -0.15) is 0 Å². The molecule has 3 aromatic heterocycles. The molecule has 33 heavy (non-hydrogen) atoms. The van der Waals surface area contributed by atoms with E-state index in [1.54, 1.807) is 29.9 Å². The molecule has 0 spiro atoms. The van der Waals surface area contributed by atoms with E-state index in [4.69, 9.17) is 10.1 Å². The van der Waals surface area contributed by atoms with Gasteiger partial charge in [0, 0.05) is 54.9 Å². The first-order chi connectivity index (χ1) is 15.8. The molecule has 0 aromatic carbocycles. The highest BCUT2D eigenvalue weighted by molar-refractivity contribution is 5.95. The van der Waals surface area contributed by atoms with E-state index in [-0.39, 0.29) is 5.91 Å². The molecule has 1 fully saturated rings. The predicted molar refractivity (Wildman–Crippen MR) is 131 cm³/mol. The number of nitrogens with zero attached hydrogens (tertiary/aromatic N) is 2. The topological polar surface area (TPSA) is 103 Å². The fourth-order valence-corrected chi connectivity index (χ4v) is 3.67. The maximum Gasteiger partial charge on any atom is 0.268 e. The van der Waals surface area contributed by atoms with Crippen molar-refractivity contribution in [1.29, 1.82) is 5.41 Å². The van der Waals surface area contributed by atoms with Crippen LogP contribution in [-0.4, -0.2) is 59.4 Å². The van der Waals surface area contributed by atoms with Crippen LogP contribution >= 0.6 is 0 Å². The molecule has 1 aliphatic rings. The predicted octanol–water partition coefficient (Wildman–Crippen LogP) is 3.84. The minimum Gasteiger partial charge on any atom is -0.455 e. The summed E-state index contributed by atoms with van der Waals surface area (Å²) in [5.41, 5.74) is 4.17. The zero-order valence-corrected chi connectivity index (χ0v) is 19.7. The van der Waals surface area contributed by atoms with Gasteiger partial charge in [-0.3, -0.25) is 9.59 Å². The van der Waals surface area contributed by atoms with Gasteiger partial charge in [-0.05, 0) is 64.0 Å². The Morgan fingerprint density at radius 2 is 2.06 bits per heavy atom. The van der Waals surface area contributed by atoms with E-state index in [1.165, 1.54) is 19.0 Å². The van der Waals surface area contributed by atoms with E-state index >= 15 is 0 Å². The third-order valence-corrected chi connectivity index (χ3v) is 6.05. The lowest BCUT2D eigenvalue weighted by atomic mass is 10.1. The van der Waals surface area contributed by atoms with Crippen LogP contribution in [0.1, 0.15) is 51.0 Å². The smallest absolute Gasteiger partial charge is 0.268 e. The van der Waals surface area contributed by atoms with Gasteiger partial charge in [-0.1, -0.05) is 0 Å². The second kappa shape index (κ2) is 10.3. The SMILES string of the molecule is CNC(=O)c1c(C)cc2cc(O/C(=C/C=N)c3[nH]cc(C=O)c3C)ccn12.C[C@@H]1CCN1C. The molecule has 8 nitrogen and oxygen atoms in total. The average molecular weight is 450 g/mol. The number of amides is 1. The molecule has 4 rings (SSSR count). The number of allylic oxidation sites excluding steroid dienone is 1. The molecule has 8 heteroatoms. The number of H-pyrrole nitrogens is 1. The first-order valence-corrected chi connectivity index (χ1v) is 10.9. The van der Waals surface area contributed by atoms with Crippen molar-refractivity contribution < 1.29 is 14.3 Å². The van der Waals surface area contributed by atoms with E-state index in [9.17, 15) is 9.59 Å². The van der Waals surface area contributed by atoms with Crippen molar-refractivity contribution in [3.8, 4) is 5.75 Å². The molecule has 3 aromatic rings. The molecule has 1 amide bonds. The molecule has 1 saturated heterocycles. The maximum absolute atomic E-state index is 12.1. The Hall–Kier alpha value is -3.65. The Kier molecular flexibility index (Phi) is 7.50. The van der Waals surface area contributed by atoms with Crippen LogP contribution in [0.2, 0.25) is 0 Å². The molecule has 3 N–H and O–H groups in total. The third-order valence-electron chi connectivity index (χ3n) is 6.05. The van der Waals surface area contributed by atoms with E-state index in [1.807, 2.05) is 26.0 Å². The zero-order valence-electron chi connectivity index (χ0n) is 19.7. The molecule has 0 saturated carbocycles. The number of hydrogen-bond donors (Lipinski definition) is 3. The van der Waals surface area contributed by atoms with Gasteiger partial charge >= 0.3 is 0 Å². The number of rotatable bonds is 6. The molecule has 0 radical (unpaired) electrons. The Labute approximate surface area is 193 Å². The second-order valence-electron chi connectivity index (χ2n) is 8.19. The number of aromatic amines is 1. The van der Waals surface area contributed by atoms with Crippen LogP contribution in [0.15, 0.2) is 36.7 Å². The summed E-state index contributed by atoms with van der Waals surface area (Å²) in [5.74, 6) is 0.821. The quantitative estimate of drug-likeness (QED) is 0.302. The summed E-state index contributed by atoms with van der Waals surface area (Å²) in [5, 5.41) is 10.0. The average Bonchev–Trinajstić information content (AvgIpc) is 3.35. The number of aromatic nitrogens is 2. The lowest BCUT2D eigenvalue weighted by Gasteiger charge is -2.34. The molecule has 1 aliphatic heterocycles. The normalized spacial score (nSPS) is 15.9. The Morgan fingerprint density at radius 1 is 1.33 bits per heavy atom. The molecule has 0 unspecified atom stereocenters. The van der Waals surface area contributed by atoms with Crippen LogP contribution in [0, 0.1) is 19.3 Å². The minimum absolute atomic E-state index is 0.158. The van der Waals surface area contributed by atoms with Gasteiger partial charge in [0.05, 0.1) is 5.69 Å². The van der Waals surface area contributed by atoms with Crippen molar-refractivity contribution in [3.63, 3.8) is 0 Å². The zero-order chi connectivity index (χ0) is 24.1. The standard InChI is InChI=1S/C20H20N4O3.C5H11N/c1-12-8-15-9-16(5-7-24(15)19(12)20(26)22-3)27-17(4-6-21)18-13(2)14(11-25)10-23-18;1-5-3-4-6(5)2/h4-11,21,23H,1-3H3,(H,22,26);5H,3-4H2,1-2H3/b17-4+,21-6?;/t;5-/m.1/s1. The highest BCUT2D eigenvalue weighted by atomic mass is 16.5. The van der Waals surface area contributed by atoms with Gasteiger partial charge in [0.15, 0.2) is 12.0 Å². The summed E-state index contributed by atoms with van der Waals surface area (Å²) in [6.45, 7) is 7.25. The summed E-state index contributed by atoms with van der Waals surface area (Å²) >= 11 is 0. The molecule has 0 bridgehead atoms. The minimum atomic E-state index is -0.158. The van der Waals surface area contributed by atoms with Crippen LogP contribution in [0.5, 0.6) is 5.75 Å². The number of carbonyl (C=O) groups is 2. The summed E-state index contributed by atoms with van der Waals surface area (Å²) < 4.78 is 7.77. The summed E-state index contributed by atoms with van der Waals surface area (Å²) in [6, 6.07) is 6.33. The van der Waals surface area contributed by atoms with Crippen LogP contribution in [0.3, 0.4) is 0 Å². The number of carbonyl (C=O) groups excluding carboxylic acids is 2. The highest BCUT2D eigenvalue weighted by Crippen LogP contribution is 2.26. The molecular formula is C25H31N5O3. The van der Waals surface area contributed by atoms with Gasteiger partial charge in [-0.15, -0.1) is 0 Å². The van der Waals surface area contributed by atoms with Crippen molar-refractivity contribution in [2.24, 2.45) is 0 Å². The number of aldehydes is 1. The molecular weight excluding hydrogens is 418 g/mol. The number of ether oxygens (including phenoxy) is 1. The van der Waals surface area contributed by atoms with Crippen molar-refractivity contribution in [2.45, 2.75) is 33.2 Å². The van der Waals surface area contributed by atoms with Crippen molar-refractivity contribution >= 4 is 29.7 Å². The van der Waals surface area contributed by atoms with Gasteiger partial charge in [0.2, 0.25) is 0 Å². The fraction of sp³-hybridized carbons (Fsp3) is 0.320. The molecule has 174 valence electrons. The molecule has 1 atom stereocenters. The Balaban J connectivity index is 0.000000442. The number of pyridine rings is 1. The van der Waals surface area contributed by atoms with Gasteiger partial charge in [0.25, 0.3) is 5.91 Å². The summed E-state index contributed by atoms with van der Waals surface area (Å²) in [6.07, 6.45) is 8.18. The number of hydrogen-bond acceptors (Lipinski definition) is 5. The highest BCUT2D eigenvalue weighted by Gasteiger charge is 2.17. The lowest BCUT2D eigenvalue weighted by molar-refractivity contribution is 0.0956. The lowest BCUT2D eigenvalue weighted by Crippen LogP contribution is -2.41. The fourth-order valence-electron chi connectivity index (χ4n) is 3.67. The summed E-state index contributed by atoms with van der Waals surface area (Å²) in [4.78, 5) is 28.5.